The molecule has 172 valence electrons. The van der Waals surface area contributed by atoms with Crippen LogP contribution >= 0.6 is 11.3 Å². The van der Waals surface area contributed by atoms with Gasteiger partial charge in [0.2, 0.25) is 5.91 Å². The number of aryl methyl sites for hydroxylation is 2. The van der Waals surface area contributed by atoms with E-state index >= 15 is 0 Å². The molecule has 3 rings (SSSR count). The van der Waals surface area contributed by atoms with Crippen LogP contribution in [0.4, 0.5) is 10.5 Å². The predicted octanol–water partition coefficient (Wildman–Crippen LogP) is 3.78. The summed E-state index contributed by atoms with van der Waals surface area (Å²) in [5.74, 6) is -0.662. The third-order valence-electron chi connectivity index (χ3n) is 4.96. The fourth-order valence-electron chi connectivity index (χ4n) is 3.31. The molecule has 0 aliphatic heterocycles. The van der Waals surface area contributed by atoms with Crippen molar-refractivity contribution in [2.24, 2.45) is 5.73 Å². The molecule has 0 spiro atoms. The highest BCUT2D eigenvalue weighted by molar-refractivity contribution is 7.09. The summed E-state index contributed by atoms with van der Waals surface area (Å²) in [4.78, 5) is 40.5. The van der Waals surface area contributed by atoms with Gasteiger partial charge in [-0.15, -0.1) is 11.3 Å². The van der Waals surface area contributed by atoms with Crippen molar-refractivity contribution in [3.8, 4) is 0 Å². The highest BCUT2D eigenvalue weighted by Gasteiger charge is 2.20. The molecule has 0 saturated heterocycles. The van der Waals surface area contributed by atoms with E-state index in [1.54, 1.807) is 5.38 Å². The minimum atomic E-state index is -0.718. The van der Waals surface area contributed by atoms with Crippen molar-refractivity contribution in [1.29, 1.82) is 0 Å². The van der Waals surface area contributed by atoms with Crippen LogP contribution in [0, 0.1) is 13.8 Å². The maximum atomic E-state index is 12.4. The Bertz CT molecular complexity index is 1140. The van der Waals surface area contributed by atoms with Crippen LogP contribution in [0.1, 0.15) is 39.9 Å². The molecule has 1 heterocycles. The van der Waals surface area contributed by atoms with Crippen LogP contribution in [-0.2, 0) is 27.4 Å². The third-order valence-corrected chi connectivity index (χ3v) is 5.86. The fourth-order valence-corrected chi connectivity index (χ4v) is 4.09. The van der Waals surface area contributed by atoms with Gasteiger partial charge in [0.1, 0.15) is 11.6 Å². The predicted molar refractivity (Wildman–Crippen MR) is 127 cm³/mol. The van der Waals surface area contributed by atoms with Crippen LogP contribution in [0.5, 0.6) is 0 Å². The number of primary amides is 1. The summed E-state index contributed by atoms with van der Waals surface area (Å²) in [5.41, 5.74) is 9.30. The van der Waals surface area contributed by atoms with Crippen molar-refractivity contribution < 1.29 is 19.1 Å². The van der Waals surface area contributed by atoms with Gasteiger partial charge in [0.15, 0.2) is 0 Å². The first-order chi connectivity index (χ1) is 15.8. The van der Waals surface area contributed by atoms with Crippen LogP contribution in [0.15, 0.2) is 53.9 Å². The smallest absolute Gasteiger partial charge is 0.312 e. The standard InChI is InChI=1S/C24H26N4O4S/c1-15-7-3-5-9-18(15)20(28-24(25)31)11-23(30)32-13-17-14-33-22(26-17)12-21(29)27-19-10-6-4-8-16(19)2/h3-10,14,20H,11-13H2,1-2H3,(H,27,29)(H3,25,28,31). The quantitative estimate of drug-likeness (QED) is 0.414. The first-order valence-corrected chi connectivity index (χ1v) is 11.3. The molecule has 0 aliphatic rings. The van der Waals surface area contributed by atoms with Crippen LogP contribution in [0.3, 0.4) is 0 Å². The van der Waals surface area contributed by atoms with Crippen LogP contribution in [-0.4, -0.2) is 22.9 Å². The van der Waals surface area contributed by atoms with Crippen molar-refractivity contribution >= 4 is 34.9 Å². The second-order valence-electron chi connectivity index (χ2n) is 7.56. The Kier molecular flexibility index (Phi) is 8.15. The summed E-state index contributed by atoms with van der Waals surface area (Å²) in [6, 6.07) is 13.7. The minimum Gasteiger partial charge on any atom is -0.459 e. The zero-order chi connectivity index (χ0) is 23.8. The van der Waals surface area contributed by atoms with E-state index in [-0.39, 0.29) is 25.4 Å². The van der Waals surface area contributed by atoms with E-state index in [2.05, 4.69) is 15.6 Å². The summed E-state index contributed by atoms with van der Waals surface area (Å²) in [6.07, 6.45) is 0.0639. The molecular weight excluding hydrogens is 440 g/mol. The number of rotatable bonds is 9. The maximum absolute atomic E-state index is 12.4. The number of benzene rings is 2. The number of anilines is 1. The molecule has 0 saturated carbocycles. The Hall–Kier alpha value is -3.72. The lowest BCUT2D eigenvalue weighted by molar-refractivity contribution is -0.145. The number of nitrogens with one attached hydrogen (secondary N) is 2. The Morgan fingerprint density at radius 1 is 1.06 bits per heavy atom. The Morgan fingerprint density at radius 3 is 2.45 bits per heavy atom. The van der Waals surface area contributed by atoms with E-state index in [0.717, 1.165) is 22.4 Å². The normalized spacial score (nSPS) is 11.5. The second-order valence-corrected chi connectivity index (χ2v) is 8.50. The third kappa shape index (κ3) is 7.15. The number of para-hydroxylation sites is 1. The molecular formula is C24H26N4O4S. The number of hydrogen-bond donors (Lipinski definition) is 3. The Morgan fingerprint density at radius 2 is 1.76 bits per heavy atom. The van der Waals surface area contributed by atoms with Crippen LogP contribution in [0.2, 0.25) is 0 Å². The van der Waals surface area contributed by atoms with Gasteiger partial charge in [0.05, 0.1) is 24.6 Å². The Labute approximate surface area is 196 Å². The van der Waals surface area contributed by atoms with Gasteiger partial charge in [-0.25, -0.2) is 9.78 Å². The topological polar surface area (TPSA) is 123 Å². The molecule has 0 aliphatic carbocycles. The average molecular weight is 467 g/mol. The van der Waals surface area contributed by atoms with Crippen molar-refractivity contribution in [3.05, 3.63) is 81.3 Å². The van der Waals surface area contributed by atoms with E-state index in [9.17, 15) is 14.4 Å². The van der Waals surface area contributed by atoms with Crippen molar-refractivity contribution in [3.63, 3.8) is 0 Å². The molecule has 33 heavy (non-hydrogen) atoms. The van der Waals surface area contributed by atoms with Gasteiger partial charge in [-0.1, -0.05) is 42.5 Å². The van der Waals surface area contributed by atoms with E-state index in [1.807, 2.05) is 62.4 Å². The number of nitrogens with zero attached hydrogens (tertiary/aromatic N) is 1. The second kappa shape index (κ2) is 11.2. The summed E-state index contributed by atoms with van der Waals surface area (Å²) < 4.78 is 5.34. The fraction of sp³-hybridized carbons (Fsp3) is 0.250. The molecule has 1 unspecified atom stereocenters. The van der Waals surface area contributed by atoms with E-state index in [0.29, 0.717) is 10.7 Å². The van der Waals surface area contributed by atoms with E-state index < -0.39 is 18.0 Å². The summed E-state index contributed by atoms with van der Waals surface area (Å²) in [6.45, 7) is 3.79. The molecule has 1 aromatic heterocycles. The molecule has 0 radical (unpaired) electrons. The van der Waals surface area contributed by atoms with Gasteiger partial charge >= 0.3 is 12.0 Å². The SMILES string of the molecule is Cc1ccccc1NC(=O)Cc1nc(COC(=O)CC(NC(N)=O)c2ccccc2C)cs1. The Balaban J connectivity index is 1.53. The molecule has 8 nitrogen and oxygen atoms in total. The summed E-state index contributed by atoms with van der Waals surface area (Å²) in [5, 5.41) is 7.85. The number of urea groups is 1. The number of esters is 1. The number of carbonyl (C=O) groups is 3. The number of ether oxygens (including phenoxy) is 1. The van der Waals surface area contributed by atoms with Crippen molar-refractivity contribution in [2.45, 2.75) is 39.3 Å². The van der Waals surface area contributed by atoms with E-state index in [4.69, 9.17) is 10.5 Å². The number of amides is 3. The highest BCUT2D eigenvalue weighted by Crippen LogP contribution is 2.22. The van der Waals surface area contributed by atoms with Crippen molar-refractivity contribution in [1.82, 2.24) is 10.3 Å². The van der Waals surface area contributed by atoms with Crippen molar-refractivity contribution in [2.75, 3.05) is 5.32 Å². The average Bonchev–Trinajstić information content (AvgIpc) is 3.20. The number of aromatic nitrogens is 1. The number of hydrogen-bond acceptors (Lipinski definition) is 6. The minimum absolute atomic E-state index is 0.0220. The summed E-state index contributed by atoms with van der Waals surface area (Å²) >= 11 is 1.33. The van der Waals surface area contributed by atoms with Gasteiger partial charge < -0.3 is 21.1 Å². The first-order valence-electron chi connectivity index (χ1n) is 10.4. The number of thiazole rings is 1. The van der Waals surface area contributed by atoms with Gasteiger partial charge in [0.25, 0.3) is 0 Å². The lowest BCUT2D eigenvalue weighted by atomic mass is 9.99. The van der Waals surface area contributed by atoms with Crippen LogP contribution < -0.4 is 16.4 Å². The molecule has 9 heteroatoms. The molecule has 2 aromatic carbocycles. The lowest BCUT2D eigenvalue weighted by Crippen LogP contribution is -2.35. The number of carbonyl (C=O) groups excluding carboxylic acids is 3. The summed E-state index contributed by atoms with van der Waals surface area (Å²) in [7, 11) is 0. The van der Waals surface area contributed by atoms with Gasteiger partial charge in [-0.3, -0.25) is 9.59 Å². The van der Waals surface area contributed by atoms with Crippen LogP contribution in [0.25, 0.3) is 0 Å². The molecule has 1 atom stereocenters. The van der Waals surface area contributed by atoms with E-state index in [1.165, 1.54) is 11.3 Å². The van der Waals surface area contributed by atoms with Gasteiger partial charge in [0, 0.05) is 11.1 Å². The lowest BCUT2D eigenvalue weighted by Gasteiger charge is -2.19. The molecule has 4 N–H and O–H groups in total. The first kappa shape index (κ1) is 23.9. The monoisotopic (exact) mass is 466 g/mol. The van der Waals surface area contributed by atoms with Gasteiger partial charge in [-0.2, -0.15) is 0 Å². The molecule has 0 bridgehead atoms. The zero-order valence-electron chi connectivity index (χ0n) is 18.5. The van der Waals surface area contributed by atoms with Gasteiger partial charge in [-0.05, 0) is 36.6 Å². The highest BCUT2D eigenvalue weighted by atomic mass is 32.1. The molecule has 0 fully saturated rings. The molecule has 3 aromatic rings. The zero-order valence-corrected chi connectivity index (χ0v) is 19.3. The maximum Gasteiger partial charge on any atom is 0.312 e. The molecule has 3 amide bonds. The number of nitrogens with two attached hydrogens (primary N) is 1. The largest absolute Gasteiger partial charge is 0.459 e.